The fourth-order valence-electron chi connectivity index (χ4n) is 1.84. The molecule has 1 aromatic heterocycles. The van der Waals surface area contributed by atoms with Crippen molar-refractivity contribution in [1.29, 1.82) is 0 Å². The molecule has 0 spiro atoms. The van der Waals surface area contributed by atoms with Gasteiger partial charge in [-0.25, -0.2) is 4.68 Å². The normalized spacial score (nSPS) is 10.6. The molecule has 3 N–H and O–H groups in total. The fourth-order valence-corrected chi connectivity index (χ4v) is 1.84. The Balaban J connectivity index is 2.15. The molecule has 0 radical (unpaired) electrons. The van der Waals surface area contributed by atoms with Crippen LogP contribution in [0.25, 0.3) is 0 Å². The first kappa shape index (κ1) is 14.3. The third-order valence-corrected chi connectivity index (χ3v) is 2.86. The number of nitrogens with two attached hydrogens (primary N) is 1. The average molecular weight is 278 g/mol. The van der Waals surface area contributed by atoms with Gasteiger partial charge in [-0.05, 0) is 12.1 Å². The number of aliphatic hydroxyl groups excluding tert-OH is 1. The van der Waals surface area contributed by atoms with E-state index in [0.29, 0.717) is 23.7 Å². The van der Waals surface area contributed by atoms with Crippen molar-refractivity contribution in [1.82, 2.24) is 15.0 Å². The second-order valence-electron chi connectivity index (χ2n) is 4.07. The summed E-state index contributed by atoms with van der Waals surface area (Å²) in [5.74, 6) is 1.29. The molecule has 0 saturated heterocycles. The van der Waals surface area contributed by atoms with Crippen LogP contribution in [0.5, 0.6) is 11.5 Å². The van der Waals surface area contributed by atoms with Gasteiger partial charge in [-0.1, -0.05) is 17.3 Å². The zero-order chi connectivity index (χ0) is 14.4. The smallest absolute Gasteiger partial charge is 0.161 e. The average Bonchev–Trinajstić information content (AvgIpc) is 2.88. The number of hydrogen-bond acceptors (Lipinski definition) is 6. The molecule has 0 aliphatic carbocycles. The minimum absolute atomic E-state index is 0.0188. The van der Waals surface area contributed by atoms with E-state index in [2.05, 4.69) is 10.3 Å². The molecule has 1 heterocycles. The molecule has 1 aromatic carbocycles. The van der Waals surface area contributed by atoms with Crippen molar-refractivity contribution in [3.63, 3.8) is 0 Å². The highest BCUT2D eigenvalue weighted by Crippen LogP contribution is 2.26. The molecule has 20 heavy (non-hydrogen) atoms. The highest BCUT2D eigenvalue weighted by Gasteiger charge is 2.13. The van der Waals surface area contributed by atoms with E-state index < -0.39 is 0 Å². The van der Waals surface area contributed by atoms with E-state index in [1.165, 1.54) is 0 Å². The van der Waals surface area contributed by atoms with E-state index in [-0.39, 0.29) is 19.8 Å². The van der Waals surface area contributed by atoms with E-state index in [9.17, 15) is 0 Å². The number of benzene rings is 1. The van der Waals surface area contributed by atoms with Crippen LogP contribution in [-0.4, -0.2) is 33.8 Å². The highest BCUT2D eigenvalue weighted by molar-refractivity contribution is 5.39. The van der Waals surface area contributed by atoms with Crippen molar-refractivity contribution in [3.05, 3.63) is 35.7 Å². The molecule has 7 nitrogen and oxygen atoms in total. The Morgan fingerprint density at radius 2 is 2.05 bits per heavy atom. The summed E-state index contributed by atoms with van der Waals surface area (Å²) in [6.45, 7) is 0.878. The Kier molecular flexibility index (Phi) is 4.91. The number of para-hydroxylation sites is 2. The summed E-state index contributed by atoms with van der Waals surface area (Å²) in [7, 11) is 1.59. The lowest BCUT2D eigenvalue weighted by Crippen LogP contribution is -2.12. The molecule has 0 aliphatic heterocycles. The molecule has 0 amide bonds. The largest absolute Gasteiger partial charge is 0.493 e. The molecule has 0 fully saturated rings. The van der Waals surface area contributed by atoms with Crippen LogP contribution in [0, 0.1) is 0 Å². The van der Waals surface area contributed by atoms with E-state index >= 15 is 0 Å². The molecule has 2 rings (SSSR count). The highest BCUT2D eigenvalue weighted by atomic mass is 16.5. The maximum atomic E-state index is 9.01. The van der Waals surface area contributed by atoms with Crippen molar-refractivity contribution < 1.29 is 14.6 Å². The number of nitrogens with zero attached hydrogens (tertiary/aromatic N) is 3. The zero-order valence-electron chi connectivity index (χ0n) is 11.3. The van der Waals surface area contributed by atoms with Crippen LogP contribution >= 0.6 is 0 Å². The Bertz CT molecular complexity index is 556. The van der Waals surface area contributed by atoms with E-state index in [0.717, 1.165) is 5.69 Å². The van der Waals surface area contributed by atoms with Crippen LogP contribution in [0.2, 0.25) is 0 Å². The van der Waals surface area contributed by atoms with Crippen molar-refractivity contribution in [2.24, 2.45) is 5.73 Å². The zero-order valence-corrected chi connectivity index (χ0v) is 11.3. The van der Waals surface area contributed by atoms with Gasteiger partial charge in [-0.3, -0.25) is 0 Å². The first-order chi connectivity index (χ1) is 9.80. The van der Waals surface area contributed by atoms with E-state index in [1.54, 1.807) is 11.8 Å². The first-order valence-corrected chi connectivity index (χ1v) is 6.28. The first-order valence-electron chi connectivity index (χ1n) is 6.28. The van der Waals surface area contributed by atoms with Gasteiger partial charge in [-0.2, -0.15) is 0 Å². The summed E-state index contributed by atoms with van der Waals surface area (Å²) < 4.78 is 12.6. The lowest BCUT2D eigenvalue weighted by Gasteiger charge is -2.11. The standard InChI is InChI=1S/C13H18N4O3/c1-19-12-4-2-3-5-13(12)20-9-11-10(8-14)15-16-17(11)6-7-18/h2-5,18H,6-9,14H2,1H3. The van der Waals surface area contributed by atoms with Gasteiger partial charge in [0.25, 0.3) is 0 Å². The molecule has 0 atom stereocenters. The Hall–Kier alpha value is -2.12. The van der Waals surface area contributed by atoms with Gasteiger partial charge >= 0.3 is 0 Å². The maximum Gasteiger partial charge on any atom is 0.161 e. The number of aliphatic hydroxyl groups is 1. The Labute approximate surface area is 116 Å². The number of rotatable bonds is 7. The third kappa shape index (κ3) is 3.06. The second-order valence-corrected chi connectivity index (χ2v) is 4.07. The van der Waals surface area contributed by atoms with Crippen LogP contribution in [-0.2, 0) is 19.7 Å². The summed E-state index contributed by atoms with van der Waals surface area (Å²) in [6.07, 6.45) is 0. The van der Waals surface area contributed by atoms with Crippen LogP contribution in [0.15, 0.2) is 24.3 Å². The van der Waals surface area contributed by atoms with Crippen molar-refractivity contribution in [2.45, 2.75) is 19.7 Å². The molecule has 0 aliphatic rings. The minimum atomic E-state index is -0.0188. The van der Waals surface area contributed by atoms with Gasteiger partial charge < -0.3 is 20.3 Å². The molecule has 2 aromatic rings. The van der Waals surface area contributed by atoms with Gasteiger partial charge in [0.05, 0.1) is 20.3 Å². The molecular formula is C13H18N4O3. The monoisotopic (exact) mass is 278 g/mol. The number of hydrogen-bond donors (Lipinski definition) is 2. The Morgan fingerprint density at radius 1 is 1.30 bits per heavy atom. The molecule has 7 heteroatoms. The minimum Gasteiger partial charge on any atom is -0.493 e. The van der Waals surface area contributed by atoms with Crippen LogP contribution in [0.1, 0.15) is 11.4 Å². The summed E-state index contributed by atoms with van der Waals surface area (Å²) in [5.41, 5.74) is 7.04. The predicted molar refractivity (Wildman–Crippen MR) is 72.3 cm³/mol. The summed E-state index contributed by atoms with van der Waals surface area (Å²) >= 11 is 0. The van der Waals surface area contributed by atoms with Crippen molar-refractivity contribution in [2.75, 3.05) is 13.7 Å². The van der Waals surface area contributed by atoms with Crippen molar-refractivity contribution >= 4 is 0 Å². The van der Waals surface area contributed by atoms with Crippen LogP contribution in [0.3, 0.4) is 0 Å². The number of aromatic nitrogens is 3. The third-order valence-electron chi connectivity index (χ3n) is 2.86. The fraction of sp³-hybridized carbons (Fsp3) is 0.385. The molecule has 108 valence electrons. The van der Waals surface area contributed by atoms with Crippen LogP contribution < -0.4 is 15.2 Å². The van der Waals surface area contributed by atoms with Gasteiger partial charge in [0.2, 0.25) is 0 Å². The number of ether oxygens (including phenoxy) is 2. The van der Waals surface area contributed by atoms with Gasteiger partial charge in [0.15, 0.2) is 11.5 Å². The lowest BCUT2D eigenvalue weighted by molar-refractivity contribution is 0.247. The van der Waals surface area contributed by atoms with Gasteiger partial charge in [-0.15, -0.1) is 5.10 Å². The second kappa shape index (κ2) is 6.88. The van der Waals surface area contributed by atoms with Crippen LogP contribution in [0.4, 0.5) is 0 Å². The topological polar surface area (TPSA) is 95.4 Å². The molecule has 0 unspecified atom stereocenters. The SMILES string of the molecule is COc1ccccc1OCc1c(CN)nnn1CCO. The van der Waals surface area contributed by atoms with Gasteiger partial charge in [0.1, 0.15) is 18.0 Å². The molecular weight excluding hydrogens is 260 g/mol. The Morgan fingerprint density at radius 3 is 2.70 bits per heavy atom. The molecule has 0 bridgehead atoms. The predicted octanol–water partition coefficient (Wildman–Crippen LogP) is 0.317. The molecule has 0 saturated carbocycles. The van der Waals surface area contributed by atoms with E-state index in [1.807, 2.05) is 24.3 Å². The number of methoxy groups -OCH3 is 1. The lowest BCUT2D eigenvalue weighted by atomic mass is 10.3. The summed E-state index contributed by atoms with van der Waals surface area (Å²) in [6, 6.07) is 7.38. The maximum absolute atomic E-state index is 9.01. The van der Waals surface area contributed by atoms with Gasteiger partial charge in [0, 0.05) is 6.54 Å². The summed E-state index contributed by atoms with van der Waals surface area (Å²) in [5, 5.41) is 16.9. The summed E-state index contributed by atoms with van der Waals surface area (Å²) in [4.78, 5) is 0. The van der Waals surface area contributed by atoms with E-state index in [4.69, 9.17) is 20.3 Å². The van der Waals surface area contributed by atoms with Crippen molar-refractivity contribution in [3.8, 4) is 11.5 Å². The quantitative estimate of drug-likeness (QED) is 0.757.